The van der Waals surface area contributed by atoms with E-state index < -0.39 is 9.84 Å². The Hall–Kier alpha value is -2.12. The van der Waals surface area contributed by atoms with Gasteiger partial charge in [-0.05, 0) is 31.0 Å². The average Bonchev–Trinajstić information content (AvgIpc) is 2.98. The van der Waals surface area contributed by atoms with Crippen molar-refractivity contribution < 1.29 is 17.6 Å². The Morgan fingerprint density at radius 1 is 1.11 bits per heavy atom. The van der Waals surface area contributed by atoms with Gasteiger partial charge in [0.05, 0.1) is 0 Å². The van der Waals surface area contributed by atoms with Crippen molar-refractivity contribution in [1.82, 2.24) is 9.80 Å². The first-order valence-corrected chi connectivity index (χ1v) is 11.2. The molecule has 1 aromatic carbocycles. The molecule has 6 nitrogen and oxygen atoms in total. The third-order valence-electron chi connectivity index (χ3n) is 4.84. The van der Waals surface area contributed by atoms with Crippen molar-refractivity contribution in [3.8, 4) is 0 Å². The van der Waals surface area contributed by atoms with E-state index in [1.165, 1.54) is 5.56 Å². The van der Waals surface area contributed by atoms with Crippen LogP contribution >= 0.6 is 0 Å². The SMILES string of the molecule is CC1CCN(Cc2ccccc2)CCN1C(=O)c1ccc(CS(C)(=O)=O)o1. The second kappa shape index (κ2) is 8.27. The molecule has 1 atom stereocenters. The number of furan rings is 1. The van der Waals surface area contributed by atoms with Crippen LogP contribution in [0.2, 0.25) is 0 Å². The minimum absolute atomic E-state index is 0.0988. The van der Waals surface area contributed by atoms with Crippen molar-refractivity contribution in [3.63, 3.8) is 0 Å². The van der Waals surface area contributed by atoms with E-state index in [0.717, 1.165) is 32.3 Å². The number of nitrogens with zero attached hydrogens (tertiary/aromatic N) is 2. The largest absolute Gasteiger partial charge is 0.455 e. The molecule has 146 valence electrons. The predicted octanol–water partition coefficient (Wildman–Crippen LogP) is 2.56. The smallest absolute Gasteiger partial charge is 0.289 e. The fourth-order valence-electron chi connectivity index (χ4n) is 3.38. The summed E-state index contributed by atoms with van der Waals surface area (Å²) >= 11 is 0. The molecule has 1 unspecified atom stereocenters. The maximum absolute atomic E-state index is 12.9. The molecular formula is C20H26N2O4S. The Morgan fingerprint density at radius 3 is 2.56 bits per heavy atom. The summed E-state index contributed by atoms with van der Waals surface area (Å²) in [5.41, 5.74) is 1.27. The number of hydrogen-bond acceptors (Lipinski definition) is 5. The molecule has 7 heteroatoms. The first kappa shape index (κ1) is 19.6. The number of sulfone groups is 1. The lowest BCUT2D eigenvalue weighted by molar-refractivity contribution is 0.0666. The molecular weight excluding hydrogens is 364 g/mol. The van der Waals surface area contributed by atoms with Crippen molar-refractivity contribution in [1.29, 1.82) is 0 Å². The van der Waals surface area contributed by atoms with Gasteiger partial charge < -0.3 is 9.32 Å². The molecule has 1 saturated heterocycles. The third kappa shape index (κ3) is 5.43. The summed E-state index contributed by atoms with van der Waals surface area (Å²) in [6, 6.07) is 13.6. The molecule has 1 fully saturated rings. The lowest BCUT2D eigenvalue weighted by atomic mass is 10.2. The van der Waals surface area contributed by atoms with Gasteiger partial charge in [0.15, 0.2) is 15.6 Å². The number of rotatable bonds is 5. The normalized spacial score (nSPS) is 19.0. The molecule has 1 amide bonds. The zero-order valence-electron chi connectivity index (χ0n) is 15.8. The first-order valence-electron chi connectivity index (χ1n) is 9.15. The van der Waals surface area contributed by atoms with Gasteiger partial charge in [-0.15, -0.1) is 0 Å². The van der Waals surface area contributed by atoms with Crippen LogP contribution in [0.3, 0.4) is 0 Å². The van der Waals surface area contributed by atoms with Gasteiger partial charge in [-0.3, -0.25) is 9.69 Å². The van der Waals surface area contributed by atoms with E-state index in [1.54, 1.807) is 12.1 Å². The van der Waals surface area contributed by atoms with E-state index in [4.69, 9.17) is 4.42 Å². The van der Waals surface area contributed by atoms with Crippen LogP contribution in [-0.2, 0) is 22.1 Å². The number of benzene rings is 1. The molecule has 1 aliphatic heterocycles. The minimum Gasteiger partial charge on any atom is -0.455 e. The highest BCUT2D eigenvalue weighted by Gasteiger charge is 2.27. The van der Waals surface area contributed by atoms with Gasteiger partial charge in [-0.25, -0.2) is 8.42 Å². The van der Waals surface area contributed by atoms with Gasteiger partial charge in [-0.2, -0.15) is 0 Å². The zero-order chi connectivity index (χ0) is 19.4. The van der Waals surface area contributed by atoms with E-state index in [1.807, 2.05) is 30.0 Å². The van der Waals surface area contributed by atoms with Crippen LogP contribution < -0.4 is 0 Å². The van der Waals surface area contributed by atoms with Gasteiger partial charge in [0.1, 0.15) is 11.5 Å². The van der Waals surface area contributed by atoms with Gasteiger partial charge in [-0.1, -0.05) is 30.3 Å². The quantitative estimate of drug-likeness (QED) is 0.785. The second-order valence-electron chi connectivity index (χ2n) is 7.23. The number of amides is 1. The van der Waals surface area contributed by atoms with Crippen LogP contribution in [0.1, 0.15) is 35.2 Å². The molecule has 1 aliphatic rings. The maximum Gasteiger partial charge on any atom is 0.289 e. The van der Waals surface area contributed by atoms with Crippen molar-refractivity contribution in [2.75, 3.05) is 25.9 Å². The Balaban J connectivity index is 1.65. The fraction of sp³-hybridized carbons (Fsp3) is 0.450. The average molecular weight is 391 g/mol. The second-order valence-corrected chi connectivity index (χ2v) is 9.37. The van der Waals surface area contributed by atoms with Gasteiger partial charge >= 0.3 is 0 Å². The van der Waals surface area contributed by atoms with Gasteiger partial charge in [0.2, 0.25) is 0 Å². The van der Waals surface area contributed by atoms with E-state index in [-0.39, 0.29) is 23.5 Å². The molecule has 1 aromatic heterocycles. The van der Waals surface area contributed by atoms with Crippen molar-refractivity contribution >= 4 is 15.7 Å². The Morgan fingerprint density at radius 2 is 1.85 bits per heavy atom. The van der Waals surface area contributed by atoms with Crippen LogP contribution in [-0.4, -0.2) is 56.1 Å². The fourth-order valence-corrected chi connectivity index (χ4v) is 4.05. The summed E-state index contributed by atoms with van der Waals surface area (Å²) < 4.78 is 28.3. The highest BCUT2D eigenvalue weighted by atomic mass is 32.2. The standard InChI is InChI=1S/C20H26N2O4S/c1-16-10-11-21(14-17-6-4-3-5-7-17)12-13-22(16)20(23)19-9-8-18(26-19)15-27(2,24)25/h3-9,16H,10-15H2,1-2H3. The highest BCUT2D eigenvalue weighted by molar-refractivity contribution is 7.89. The molecule has 0 spiro atoms. The van der Waals surface area contributed by atoms with Gasteiger partial charge in [0.25, 0.3) is 5.91 Å². The summed E-state index contributed by atoms with van der Waals surface area (Å²) in [4.78, 5) is 17.1. The monoisotopic (exact) mass is 390 g/mol. The molecule has 27 heavy (non-hydrogen) atoms. The third-order valence-corrected chi connectivity index (χ3v) is 5.65. The lowest BCUT2D eigenvalue weighted by Crippen LogP contribution is -2.39. The molecule has 2 aromatic rings. The molecule has 0 radical (unpaired) electrons. The van der Waals surface area contributed by atoms with Crippen molar-refractivity contribution in [2.45, 2.75) is 31.7 Å². The van der Waals surface area contributed by atoms with E-state index in [2.05, 4.69) is 17.0 Å². The van der Waals surface area contributed by atoms with Crippen molar-refractivity contribution in [3.05, 3.63) is 59.5 Å². The number of carbonyl (C=O) groups is 1. The Bertz CT molecular complexity index is 876. The molecule has 0 aliphatic carbocycles. The number of hydrogen-bond donors (Lipinski definition) is 0. The summed E-state index contributed by atoms with van der Waals surface area (Å²) in [5, 5.41) is 0. The summed E-state index contributed by atoms with van der Waals surface area (Å²) in [6.45, 7) is 5.26. The Kier molecular flexibility index (Phi) is 6.01. The minimum atomic E-state index is -3.19. The molecule has 2 heterocycles. The molecule has 0 bridgehead atoms. The van der Waals surface area contributed by atoms with E-state index >= 15 is 0 Å². The van der Waals surface area contributed by atoms with Crippen LogP contribution in [0, 0.1) is 0 Å². The van der Waals surface area contributed by atoms with Crippen LogP contribution in [0.4, 0.5) is 0 Å². The van der Waals surface area contributed by atoms with Crippen LogP contribution in [0.5, 0.6) is 0 Å². The summed E-state index contributed by atoms with van der Waals surface area (Å²) in [7, 11) is -3.19. The van der Waals surface area contributed by atoms with Crippen LogP contribution in [0.15, 0.2) is 46.9 Å². The zero-order valence-corrected chi connectivity index (χ0v) is 16.6. The lowest BCUT2D eigenvalue weighted by Gasteiger charge is -2.25. The van der Waals surface area contributed by atoms with E-state index in [0.29, 0.717) is 12.3 Å². The van der Waals surface area contributed by atoms with E-state index in [9.17, 15) is 13.2 Å². The molecule has 0 N–H and O–H groups in total. The highest BCUT2D eigenvalue weighted by Crippen LogP contribution is 2.19. The van der Waals surface area contributed by atoms with Gasteiger partial charge in [0, 0.05) is 38.5 Å². The molecule has 3 rings (SSSR count). The first-order chi connectivity index (χ1) is 12.8. The van der Waals surface area contributed by atoms with Crippen molar-refractivity contribution in [2.24, 2.45) is 0 Å². The molecule has 0 saturated carbocycles. The predicted molar refractivity (Wildman–Crippen MR) is 104 cm³/mol. The van der Waals surface area contributed by atoms with Crippen LogP contribution in [0.25, 0.3) is 0 Å². The number of carbonyl (C=O) groups excluding carboxylic acids is 1. The summed E-state index contributed by atoms with van der Waals surface area (Å²) in [6.07, 6.45) is 2.03. The Labute approximate surface area is 160 Å². The maximum atomic E-state index is 12.9. The topological polar surface area (TPSA) is 70.8 Å². The summed E-state index contributed by atoms with van der Waals surface area (Å²) in [5.74, 6) is 0.135.